The first-order chi connectivity index (χ1) is 33.6. The van der Waals surface area contributed by atoms with E-state index >= 15 is 0 Å². The van der Waals surface area contributed by atoms with Crippen molar-refractivity contribution in [1.82, 2.24) is 60.5 Å². The molecule has 0 bridgehead atoms. The number of nitro benzene ring substituents is 1. The van der Waals surface area contributed by atoms with Gasteiger partial charge in [0.1, 0.15) is 23.1 Å². The van der Waals surface area contributed by atoms with Crippen molar-refractivity contribution in [2.75, 3.05) is 42.1 Å². The highest BCUT2D eigenvalue weighted by Crippen LogP contribution is 2.26. The number of aromatic amines is 1. The first-order valence-electron chi connectivity index (χ1n) is 21.3. The maximum absolute atomic E-state index is 13.8. The molecule has 0 spiro atoms. The lowest BCUT2D eigenvalue weighted by atomic mass is 10.2. The number of para-hydroxylation sites is 4. The lowest BCUT2D eigenvalue weighted by molar-refractivity contribution is -0.383. The van der Waals surface area contributed by atoms with Gasteiger partial charge < -0.3 is 40.4 Å². The van der Waals surface area contributed by atoms with Crippen molar-refractivity contribution < 1.29 is 27.3 Å². The van der Waals surface area contributed by atoms with Crippen LogP contribution in [0.5, 0.6) is 0 Å². The molecule has 69 heavy (non-hydrogen) atoms. The monoisotopic (exact) mass is 980 g/mol. The number of hydrogen-bond donors (Lipinski definition) is 6. The molecule has 354 valence electrons. The van der Waals surface area contributed by atoms with Gasteiger partial charge in [-0.15, -0.1) is 0 Å². The fourth-order valence-electron chi connectivity index (χ4n) is 6.70. The van der Waals surface area contributed by atoms with Gasteiger partial charge in [-0.05, 0) is 65.7 Å². The molecule has 9 rings (SSSR count). The number of rotatable bonds is 20. The van der Waals surface area contributed by atoms with Crippen molar-refractivity contribution in [3.8, 4) is 0 Å². The number of imidazole rings is 1. The molecule has 2 aromatic carbocycles. The van der Waals surface area contributed by atoms with E-state index in [1.807, 2.05) is 24.3 Å². The number of oxazole rings is 2. The van der Waals surface area contributed by atoms with Gasteiger partial charge in [0.25, 0.3) is 17.1 Å². The van der Waals surface area contributed by atoms with E-state index in [9.17, 15) is 23.7 Å². The van der Waals surface area contributed by atoms with Gasteiger partial charge in [-0.2, -0.15) is 19.9 Å². The van der Waals surface area contributed by atoms with Crippen molar-refractivity contribution >= 4 is 85.6 Å². The van der Waals surface area contributed by atoms with Gasteiger partial charge in [0.05, 0.1) is 40.4 Å². The van der Waals surface area contributed by atoms with E-state index in [1.165, 1.54) is 54.9 Å². The molecule has 25 heteroatoms. The fourth-order valence-corrected chi connectivity index (χ4v) is 7.02. The zero-order valence-electron chi connectivity index (χ0n) is 36.2. The van der Waals surface area contributed by atoms with Crippen LogP contribution in [0.15, 0.2) is 94.0 Å². The highest BCUT2D eigenvalue weighted by Gasteiger charge is 2.18. The topological polar surface area (TPSA) is 278 Å². The van der Waals surface area contributed by atoms with Crippen molar-refractivity contribution in [2.24, 2.45) is 0 Å². The molecule has 7 aromatic heterocycles. The largest absolute Gasteiger partial charge is 0.422 e. The highest BCUT2D eigenvalue weighted by atomic mass is 35.5. The minimum absolute atomic E-state index is 0.0122. The average Bonchev–Trinajstić information content (AvgIpc) is 4.07. The molecule has 0 radical (unpaired) electrons. The third kappa shape index (κ3) is 12.8. The Morgan fingerprint density at radius 2 is 1.22 bits per heavy atom. The summed E-state index contributed by atoms with van der Waals surface area (Å²) >= 11 is 12.0. The summed E-state index contributed by atoms with van der Waals surface area (Å²) in [5.74, 6) is 1.24. The van der Waals surface area contributed by atoms with Crippen LogP contribution in [0.3, 0.4) is 0 Å². The number of hydrogen-bond acceptors (Lipinski definition) is 18. The first-order valence-corrected chi connectivity index (χ1v) is 22.0. The van der Waals surface area contributed by atoms with Gasteiger partial charge in [0.15, 0.2) is 34.5 Å². The Bertz CT molecular complexity index is 3190. The fraction of sp³-hybridized carbons (Fsp3) is 0.227. The SMILES string of the molecule is Fc1cccnc1CNc1nc(Cl)nc2oc(CCNCCc3nc4ccccc4[nH]3)nc12.O=C(CCNCCc1nc2c(NCc3ncccc3F)nc(Cl)nc2o1)Nc1ccccc1[N+](=O)[O-]. The molecule has 1 amide bonds. The lowest BCUT2D eigenvalue weighted by Gasteiger charge is -2.06. The van der Waals surface area contributed by atoms with E-state index in [-0.39, 0.29) is 76.0 Å². The van der Waals surface area contributed by atoms with Crippen LogP contribution in [-0.4, -0.2) is 86.8 Å². The number of benzene rings is 2. The van der Waals surface area contributed by atoms with Crippen LogP contribution in [0, 0.1) is 21.7 Å². The predicted octanol–water partition coefficient (Wildman–Crippen LogP) is 7.16. The normalized spacial score (nSPS) is 11.2. The summed E-state index contributed by atoms with van der Waals surface area (Å²) in [6, 6.07) is 19.6. The van der Waals surface area contributed by atoms with Crippen molar-refractivity contribution in [3.05, 3.63) is 146 Å². The number of amides is 1. The Kier molecular flexibility index (Phi) is 15.7. The summed E-state index contributed by atoms with van der Waals surface area (Å²) in [5, 5.41) is 26.0. The van der Waals surface area contributed by atoms with E-state index in [2.05, 4.69) is 76.4 Å². The predicted molar refractivity (Wildman–Crippen MR) is 252 cm³/mol. The summed E-state index contributed by atoms with van der Waals surface area (Å²) in [6.45, 7) is 2.38. The second-order valence-electron chi connectivity index (χ2n) is 14.8. The number of anilines is 3. The molecule has 6 N–H and O–H groups in total. The van der Waals surface area contributed by atoms with Gasteiger partial charge in [-0.3, -0.25) is 24.9 Å². The highest BCUT2D eigenvalue weighted by molar-refractivity contribution is 6.29. The van der Waals surface area contributed by atoms with E-state index in [0.29, 0.717) is 61.1 Å². The number of nitro groups is 1. The van der Waals surface area contributed by atoms with Crippen LogP contribution in [0.4, 0.5) is 31.8 Å². The molecular weight excluding hydrogens is 941 g/mol. The van der Waals surface area contributed by atoms with Gasteiger partial charge in [0, 0.05) is 70.3 Å². The molecule has 0 atom stereocenters. The van der Waals surface area contributed by atoms with Crippen LogP contribution in [0.2, 0.25) is 10.6 Å². The Hall–Kier alpha value is -7.86. The summed E-state index contributed by atoms with van der Waals surface area (Å²) in [5.41, 5.74) is 3.68. The van der Waals surface area contributed by atoms with Crippen LogP contribution < -0.4 is 26.6 Å². The second kappa shape index (κ2) is 22.8. The van der Waals surface area contributed by atoms with Gasteiger partial charge >= 0.3 is 0 Å². The Labute approximate surface area is 399 Å². The minimum Gasteiger partial charge on any atom is -0.422 e. The molecule has 0 aliphatic heterocycles. The van der Waals surface area contributed by atoms with Crippen molar-refractivity contribution in [1.29, 1.82) is 0 Å². The van der Waals surface area contributed by atoms with E-state index in [0.717, 1.165) is 29.8 Å². The molecule has 0 unspecified atom stereocenters. The average molecular weight is 982 g/mol. The molecule has 0 aliphatic carbocycles. The number of fused-ring (bicyclic) bond motifs is 3. The van der Waals surface area contributed by atoms with Gasteiger partial charge in [-0.1, -0.05) is 24.3 Å². The molecule has 0 saturated heterocycles. The smallest absolute Gasteiger partial charge is 0.292 e. The standard InChI is InChI=1S/C22H20ClFN8O4.C22H20ClFN8O/c23-22-30-20(27-12-15-13(24)4-3-9-26-15)19-21(31-22)36-18(29-19)8-11-25-10-7-17(33)28-14-5-1-2-6-16(14)32(34)35;23-22-31-20(27-12-16-13(24)4-3-9-26-16)19-21(32-22)33-18(30-19)8-11-25-10-7-17-28-14-5-1-2-6-15(14)29-17/h1-6,9,25H,7-8,10-12H2,(H,28,33)(H,27,30,31);1-6,9,25H,7-8,10-12H2,(H,28,29)(H,27,31,32). The van der Waals surface area contributed by atoms with Crippen molar-refractivity contribution in [3.63, 3.8) is 0 Å². The third-order valence-electron chi connectivity index (χ3n) is 9.98. The van der Waals surface area contributed by atoms with Crippen LogP contribution in [0.1, 0.15) is 35.4 Å². The van der Waals surface area contributed by atoms with Crippen molar-refractivity contribution in [2.45, 2.75) is 38.8 Å². The molecule has 21 nitrogen and oxygen atoms in total. The molecule has 7 heterocycles. The van der Waals surface area contributed by atoms with E-state index < -0.39 is 16.6 Å². The Morgan fingerprint density at radius 1 is 0.667 bits per heavy atom. The number of nitrogens with one attached hydrogen (secondary N) is 6. The molecule has 0 fully saturated rings. The molecule has 0 aliphatic rings. The minimum atomic E-state index is -0.552. The summed E-state index contributed by atoms with van der Waals surface area (Å²) < 4.78 is 39.1. The van der Waals surface area contributed by atoms with Crippen LogP contribution in [-0.2, 0) is 37.1 Å². The summed E-state index contributed by atoms with van der Waals surface area (Å²) in [6.07, 6.45) is 4.84. The van der Waals surface area contributed by atoms with Gasteiger partial charge in [0.2, 0.25) is 16.5 Å². The number of halogens is 4. The second-order valence-corrected chi connectivity index (χ2v) is 15.5. The van der Waals surface area contributed by atoms with Gasteiger partial charge in [-0.25, -0.2) is 23.7 Å². The zero-order valence-corrected chi connectivity index (χ0v) is 37.7. The quantitative estimate of drug-likeness (QED) is 0.0191. The number of aromatic nitrogens is 10. The summed E-state index contributed by atoms with van der Waals surface area (Å²) in [4.78, 5) is 63.8. The zero-order chi connectivity index (χ0) is 48.1. The maximum atomic E-state index is 13.8. The number of H-pyrrole nitrogens is 1. The van der Waals surface area contributed by atoms with Crippen LogP contribution in [0.25, 0.3) is 33.5 Å². The molecule has 9 aromatic rings. The van der Waals surface area contributed by atoms with E-state index in [1.54, 1.807) is 6.07 Å². The number of carbonyl (C=O) groups excluding carboxylic acids is 1. The van der Waals surface area contributed by atoms with E-state index in [4.69, 9.17) is 32.0 Å². The Morgan fingerprint density at radius 3 is 1.80 bits per heavy atom. The first kappa shape index (κ1) is 47.6. The third-order valence-corrected chi connectivity index (χ3v) is 10.3. The lowest BCUT2D eigenvalue weighted by Crippen LogP contribution is -2.23. The Balaban J connectivity index is 0.000000187. The van der Waals surface area contributed by atoms with Crippen LogP contribution >= 0.6 is 23.2 Å². The molecular formula is C44H40Cl2F2N16O5. The maximum Gasteiger partial charge on any atom is 0.292 e. The number of nitrogens with zero attached hydrogens (tertiary/aromatic N) is 10. The summed E-state index contributed by atoms with van der Waals surface area (Å²) in [7, 11) is 0. The number of carbonyl (C=O) groups is 1. The number of pyridine rings is 2. The molecule has 0 saturated carbocycles.